The highest BCUT2D eigenvalue weighted by Gasteiger charge is 2.23. The van der Waals surface area contributed by atoms with Gasteiger partial charge in [-0.3, -0.25) is 4.99 Å². The lowest BCUT2D eigenvalue weighted by atomic mass is 10.2. The van der Waals surface area contributed by atoms with Gasteiger partial charge < -0.3 is 25.0 Å². The number of guanidine groups is 1. The van der Waals surface area contributed by atoms with Crippen LogP contribution in [0.5, 0.6) is 0 Å². The van der Waals surface area contributed by atoms with Gasteiger partial charge in [-0.15, -0.1) is 24.0 Å². The Bertz CT molecular complexity index is 614. The summed E-state index contributed by atoms with van der Waals surface area (Å²) in [5.74, 6) is 0.854. The molecule has 0 spiro atoms. The fraction of sp³-hybridized carbons (Fsp3) is 0.650. The second-order valence-electron chi connectivity index (χ2n) is 7.12. The van der Waals surface area contributed by atoms with E-state index in [1.54, 1.807) is 0 Å². The quantitative estimate of drug-likeness (QED) is 0.238. The summed E-state index contributed by atoms with van der Waals surface area (Å²) in [5.41, 5.74) is 1.18. The van der Waals surface area contributed by atoms with Crippen molar-refractivity contribution in [2.45, 2.75) is 37.8 Å². The predicted octanol–water partition coefficient (Wildman–Crippen LogP) is 3.29. The summed E-state index contributed by atoms with van der Waals surface area (Å²) in [7, 11) is 1.81. The maximum Gasteiger partial charge on any atom is 0.191 e. The Kier molecular flexibility index (Phi) is 10.7. The molecular weight excluding hydrogens is 491 g/mol. The molecule has 2 N–H and O–H groups in total. The highest BCUT2D eigenvalue weighted by Crippen LogP contribution is 2.23. The number of hydrogen-bond donors (Lipinski definition) is 2. The Hall–Kier alpha value is -0.770. The average molecular weight is 523 g/mol. The van der Waals surface area contributed by atoms with E-state index in [1.165, 1.54) is 5.69 Å². The second kappa shape index (κ2) is 12.7. The van der Waals surface area contributed by atoms with E-state index in [-0.39, 0.29) is 24.0 Å². The molecular formula is C20H32ClIN4O2. The zero-order valence-corrected chi connectivity index (χ0v) is 19.6. The molecule has 3 rings (SSSR count). The number of nitrogens with one attached hydrogen (secondary N) is 2. The van der Waals surface area contributed by atoms with Gasteiger partial charge in [-0.25, -0.2) is 0 Å². The van der Waals surface area contributed by atoms with E-state index in [1.807, 2.05) is 25.2 Å². The van der Waals surface area contributed by atoms with Crippen molar-refractivity contribution in [1.29, 1.82) is 0 Å². The van der Waals surface area contributed by atoms with Crippen LogP contribution in [0, 0.1) is 0 Å². The zero-order chi connectivity index (χ0) is 18.9. The minimum absolute atomic E-state index is 0. The van der Waals surface area contributed by atoms with E-state index in [2.05, 4.69) is 26.6 Å². The van der Waals surface area contributed by atoms with Crippen molar-refractivity contribution in [2.75, 3.05) is 51.4 Å². The normalized spacial score (nSPS) is 22.2. The Balaban J connectivity index is 0.00000280. The summed E-state index contributed by atoms with van der Waals surface area (Å²) in [6, 6.07) is 8.42. The molecule has 2 aliphatic rings. The molecule has 6 nitrogen and oxygen atoms in total. The van der Waals surface area contributed by atoms with Gasteiger partial charge in [0.1, 0.15) is 0 Å². The molecule has 2 atom stereocenters. The molecule has 1 aromatic carbocycles. The Morgan fingerprint density at radius 3 is 3.04 bits per heavy atom. The third-order valence-corrected chi connectivity index (χ3v) is 5.25. The van der Waals surface area contributed by atoms with Gasteiger partial charge >= 0.3 is 0 Å². The van der Waals surface area contributed by atoms with Crippen LogP contribution in [0.2, 0.25) is 5.02 Å². The van der Waals surface area contributed by atoms with Gasteiger partial charge in [0.25, 0.3) is 0 Å². The van der Waals surface area contributed by atoms with Gasteiger partial charge in [0.2, 0.25) is 0 Å². The molecule has 0 amide bonds. The molecule has 8 heteroatoms. The SMILES string of the molecule is CN=C(NCCCOCC1CCCO1)NC1CCN(c2cccc(Cl)c2)C1.I. The molecule has 1 aromatic rings. The number of anilines is 1. The fourth-order valence-corrected chi connectivity index (χ4v) is 3.73. The summed E-state index contributed by atoms with van der Waals surface area (Å²) in [6.07, 6.45) is 4.62. The first-order valence-electron chi connectivity index (χ1n) is 9.91. The summed E-state index contributed by atoms with van der Waals surface area (Å²) in [5, 5.41) is 7.68. The summed E-state index contributed by atoms with van der Waals surface area (Å²) < 4.78 is 11.3. The molecule has 2 aliphatic heterocycles. The topological polar surface area (TPSA) is 58.1 Å². The maximum atomic E-state index is 6.11. The predicted molar refractivity (Wildman–Crippen MR) is 126 cm³/mol. The number of rotatable bonds is 8. The van der Waals surface area contributed by atoms with Crippen LogP contribution in [0.4, 0.5) is 5.69 Å². The van der Waals surface area contributed by atoms with Crippen LogP contribution in [-0.2, 0) is 9.47 Å². The number of aliphatic imine (C=N–C) groups is 1. The van der Waals surface area contributed by atoms with Gasteiger partial charge in [-0.2, -0.15) is 0 Å². The highest BCUT2D eigenvalue weighted by molar-refractivity contribution is 14.0. The van der Waals surface area contributed by atoms with Crippen molar-refractivity contribution in [3.63, 3.8) is 0 Å². The molecule has 28 heavy (non-hydrogen) atoms. The molecule has 2 unspecified atom stereocenters. The van der Waals surface area contributed by atoms with E-state index < -0.39 is 0 Å². The first-order chi connectivity index (χ1) is 13.2. The Labute approximate surface area is 190 Å². The molecule has 0 bridgehead atoms. The Morgan fingerprint density at radius 1 is 1.39 bits per heavy atom. The number of benzene rings is 1. The van der Waals surface area contributed by atoms with Gasteiger partial charge in [0.05, 0.1) is 12.7 Å². The third-order valence-electron chi connectivity index (χ3n) is 5.01. The zero-order valence-electron chi connectivity index (χ0n) is 16.5. The van der Waals surface area contributed by atoms with Crippen LogP contribution < -0.4 is 15.5 Å². The first kappa shape index (κ1) is 23.5. The van der Waals surface area contributed by atoms with Crippen molar-refractivity contribution in [1.82, 2.24) is 10.6 Å². The van der Waals surface area contributed by atoms with Gasteiger partial charge in [-0.1, -0.05) is 17.7 Å². The van der Waals surface area contributed by atoms with Gasteiger partial charge in [0, 0.05) is 56.6 Å². The molecule has 158 valence electrons. The minimum Gasteiger partial charge on any atom is -0.379 e. The average Bonchev–Trinajstić information content (AvgIpc) is 3.35. The van der Waals surface area contributed by atoms with Crippen molar-refractivity contribution in [3.05, 3.63) is 29.3 Å². The van der Waals surface area contributed by atoms with Crippen molar-refractivity contribution >= 4 is 47.2 Å². The summed E-state index contributed by atoms with van der Waals surface area (Å²) >= 11 is 6.11. The molecule has 0 aliphatic carbocycles. The Morgan fingerprint density at radius 2 is 2.29 bits per heavy atom. The molecule has 2 heterocycles. The summed E-state index contributed by atoms with van der Waals surface area (Å²) in [6.45, 7) is 5.16. The fourth-order valence-electron chi connectivity index (χ4n) is 3.54. The lowest BCUT2D eigenvalue weighted by molar-refractivity contribution is 0.0168. The third kappa shape index (κ3) is 7.57. The number of halogens is 2. The maximum absolute atomic E-state index is 6.11. The van der Waals surface area contributed by atoms with E-state index in [9.17, 15) is 0 Å². The molecule has 0 saturated carbocycles. The molecule has 2 saturated heterocycles. The van der Waals surface area contributed by atoms with Crippen LogP contribution in [0.1, 0.15) is 25.7 Å². The van der Waals surface area contributed by atoms with Crippen molar-refractivity contribution in [2.24, 2.45) is 4.99 Å². The van der Waals surface area contributed by atoms with Gasteiger partial charge in [0.15, 0.2) is 5.96 Å². The number of hydrogen-bond acceptors (Lipinski definition) is 4. The number of nitrogens with zero attached hydrogens (tertiary/aromatic N) is 2. The lowest BCUT2D eigenvalue weighted by Crippen LogP contribution is -2.45. The number of ether oxygens (including phenoxy) is 2. The smallest absolute Gasteiger partial charge is 0.191 e. The molecule has 0 aromatic heterocycles. The lowest BCUT2D eigenvalue weighted by Gasteiger charge is -2.20. The van der Waals surface area contributed by atoms with E-state index in [0.29, 0.717) is 18.8 Å². The standard InChI is InChI=1S/C20H31ClN4O2.HI/c1-22-20(23-9-4-11-26-15-19-7-3-12-27-19)24-17-8-10-25(14-17)18-6-2-5-16(21)13-18;/h2,5-6,13,17,19H,3-4,7-12,14-15H2,1H3,(H2,22,23,24);1H. The van der Waals surface area contributed by atoms with Crippen LogP contribution >= 0.6 is 35.6 Å². The molecule has 0 radical (unpaired) electrons. The minimum atomic E-state index is 0. The monoisotopic (exact) mass is 522 g/mol. The largest absolute Gasteiger partial charge is 0.379 e. The van der Waals surface area contributed by atoms with Crippen molar-refractivity contribution < 1.29 is 9.47 Å². The highest BCUT2D eigenvalue weighted by atomic mass is 127. The summed E-state index contributed by atoms with van der Waals surface area (Å²) in [4.78, 5) is 6.70. The van der Waals surface area contributed by atoms with E-state index in [4.69, 9.17) is 21.1 Å². The van der Waals surface area contributed by atoms with Gasteiger partial charge in [-0.05, 0) is 43.9 Å². The van der Waals surface area contributed by atoms with E-state index in [0.717, 1.165) is 69.5 Å². The van der Waals surface area contributed by atoms with Crippen LogP contribution in [0.15, 0.2) is 29.3 Å². The van der Waals surface area contributed by atoms with Crippen LogP contribution in [0.3, 0.4) is 0 Å². The van der Waals surface area contributed by atoms with Crippen LogP contribution in [-0.4, -0.2) is 64.6 Å². The molecule has 2 fully saturated rings. The second-order valence-corrected chi connectivity index (χ2v) is 7.55. The first-order valence-corrected chi connectivity index (χ1v) is 10.3. The van der Waals surface area contributed by atoms with Crippen LogP contribution in [0.25, 0.3) is 0 Å². The van der Waals surface area contributed by atoms with E-state index >= 15 is 0 Å². The van der Waals surface area contributed by atoms with Crippen molar-refractivity contribution in [3.8, 4) is 0 Å².